The quantitative estimate of drug-likeness (QED) is 0.516. The third kappa shape index (κ3) is 5.95. The first-order valence-corrected chi connectivity index (χ1v) is 10.6. The first-order valence-electron chi connectivity index (χ1n) is 10.6. The van der Waals surface area contributed by atoms with E-state index in [1.54, 1.807) is 19.2 Å². The van der Waals surface area contributed by atoms with Gasteiger partial charge in [0, 0.05) is 51.4 Å². The lowest BCUT2D eigenvalue weighted by molar-refractivity contribution is -0.0495. The highest BCUT2D eigenvalue weighted by atomic mass is 19.3. The molecule has 3 rings (SSSR count). The van der Waals surface area contributed by atoms with Gasteiger partial charge in [0.25, 0.3) is 0 Å². The van der Waals surface area contributed by atoms with Gasteiger partial charge in [0.05, 0.1) is 18.9 Å². The summed E-state index contributed by atoms with van der Waals surface area (Å²) in [5, 5.41) is 6.88. The van der Waals surface area contributed by atoms with Crippen LogP contribution in [0.3, 0.4) is 0 Å². The average Bonchev–Trinajstić information content (AvgIpc) is 3.19. The normalized spacial score (nSPS) is 24.2. The molecule has 2 heterocycles. The molecule has 0 amide bonds. The zero-order valence-electron chi connectivity index (χ0n) is 18.0. The molecule has 0 bridgehead atoms. The number of hydrogen-bond donors (Lipinski definition) is 2. The van der Waals surface area contributed by atoms with E-state index in [9.17, 15) is 8.78 Å². The van der Waals surface area contributed by atoms with E-state index >= 15 is 0 Å². The van der Waals surface area contributed by atoms with Gasteiger partial charge in [0.1, 0.15) is 5.75 Å². The minimum absolute atomic E-state index is 0.174. The second kappa shape index (κ2) is 10.8. The molecule has 3 atom stereocenters. The van der Waals surface area contributed by atoms with Crippen molar-refractivity contribution in [1.29, 1.82) is 0 Å². The van der Waals surface area contributed by atoms with Crippen molar-refractivity contribution in [2.24, 2.45) is 4.99 Å². The fourth-order valence-electron chi connectivity index (χ4n) is 4.16. The topological polar surface area (TPSA) is 61.4 Å². The van der Waals surface area contributed by atoms with E-state index in [0.29, 0.717) is 24.3 Å². The molecule has 2 fully saturated rings. The Hall–Kier alpha value is -2.13. The van der Waals surface area contributed by atoms with E-state index in [-0.39, 0.29) is 11.8 Å². The van der Waals surface area contributed by atoms with Crippen LogP contribution >= 0.6 is 0 Å². The van der Waals surface area contributed by atoms with Gasteiger partial charge in [-0.15, -0.1) is 0 Å². The van der Waals surface area contributed by atoms with Crippen LogP contribution < -0.4 is 20.3 Å². The fourth-order valence-corrected chi connectivity index (χ4v) is 4.16. The molecule has 1 aromatic carbocycles. The maximum absolute atomic E-state index is 12.7. The molecule has 0 aromatic heterocycles. The summed E-state index contributed by atoms with van der Waals surface area (Å²) in [6, 6.07) is 7.88. The highest BCUT2D eigenvalue weighted by Crippen LogP contribution is 2.31. The number of para-hydroxylation sites is 2. The lowest BCUT2D eigenvalue weighted by atomic mass is 10.2. The second-order valence-electron chi connectivity index (χ2n) is 7.89. The number of guanidine groups is 1. The Bertz CT molecular complexity index is 706. The van der Waals surface area contributed by atoms with Gasteiger partial charge in [0.15, 0.2) is 5.96 Å². The third-order valence-corrected chi connectivity index (χ3v) is 5.72. The third-order valence-electron chi connectivity index (χ3n) is 5.72. The number of morpholine rings is 1. The molecule has 2 N–H and O–H groups in total. The van der Waals surface area contributed by atoms with E-state index < -0.39 is 6.61 Å². The molecular formula is C21H33F2N5O2. The van der Waals surface area contributed by atoms with Crippen molar-refractivity contribution in [3.05, 3.63) is 24.3 Å². The Kier molecular flexibility index (Phi) is 8.09. The molecule has 9 heteroatoms. The van der Waals surface area contributed by atoms with Crippen molar-refractivity contribution >= 4 is 11.6 Å². The number of ether oxygens (including phenoxy) is 2. The van der Waals surface area contributed by atoms with Crippen LogP contribution in [0.5, 0.6) is 5.75 Å². The summed E-state index contributed by atoms with van der Waals surface area (Å²) in [6.07, 6.45) is 0.889. The number of nitrogens with one attached hydrogen (secondary N) is 2. The SMILES string of the molecule is CN=C(NCC(C)N1CCOCC1C)NC1CCN(c2ccccc2OC(F)F)C1. The van der Waals surface area contributed by atoms with Crippen LogP contribution in [-0.2, 0) is 4.74 Å². The molecule has 0 aliphatic carbocycles. The molecule has 0 saturated carbocycles. The Morgan fingerprint density at radius 2 is 2.13 bits per heavy atom. The minimum Gasteiger partial charge on any atom is -0.433 e. The maximum atomic E-state index is 12.7. The van der Waals surface area contributed by atoms with Gasteiger partial charge in [0.2, 0.25) is 0 Å². The number of alkyl halides is 2. The van der Waals surface area contributed by atoms with Crippen LogP contribution in [0.4, 0.5) is 14.5 Å². The van der Waals surface area contributed by atoms with E-state index in [2.05, 4.69) is 44.0 Å². The summed E-state index contributed by atoms with van der Waals surface area (Å²) in [7, 11) is 1.76. The summed E-state index contributed by atoms with van der Waals surface area (Å²) in [5.74, 6) is 0.968. The minimum atomic E-state index is -2.83. The van der Waals surface area contributed by atoms with E-state index in [4.69, 9.17) is 4.74 Å². The molecule has 0 radical (unpaired) electrons. The molecule has 0 spiro atoms. The smallest absolute Gasteiger partial charge is 0.387 e. The first-order chi connectivity index (χ1) is 14.5. The summed E-state index contributed by atoms with van der Waals surface area (Å²) >= 11 is 0. The molecule has 30 heavy (non-hydrogen) atoms. The van der Waals surface area contributed by atoms with Crippen molar-refractivity contribution in [2.75, 3.05) is 51.3 Å². The Morgan fingerprint density at radius 1 is 1.33 bits per heavy atom. The van der Waals surface area contributed by atoms with Gasteiger partial charge in [-0.1, -0.05) is 12.1 Å². The number of hydrogen-bond acceptors (Lipinski definition) is 5. The molecule has 2 saturated heterocycles. The molecule has 7 nitrogen and oxygen atoms in total. The number of halogens is 2. The second-order valence-corrected chi connectivity index (χ2v) is 7.89. The van der Waals surface area contributed by atoms with Crippen molar-refractivity contribution < 1.29 is 18.3 Å². The summed E-state index contributed by atoms with van der Waals surface area (Å²) < 4.78 is 35.6. The zero-order valence-corrected chi connectivity index (χ0v) is 18.0. The lowest BCUT2D eigenvalue weighted by Crippen LogP contribution is -2.53. The highest BCUT2D eigenvalue weighted by molar-refractivity contribution is 5.80. The predicted octanol–water partition coefficient (Wildman–Crippen LogP) is 2.14. The van der Waals surface area contributed by atoms with Gasteiger partial charge in [-0.3, -0.25) is 9.89 Å². The molecule has 1 aromatic rings. The van der Waals surface area contributed by atoms with Crippen LogP contribution in [0.2, 0.25) is 0 Å². The highest BCUT2D eigenvalue weighted by Gasteiger charge is 2.27. The van der Waals surface area contributed by atoms with Crippen molar-refractivity contribution in [3.63, 3.8) is 0 Å². The summed E-state index contributed by atoms with van der Waals surface area (Å²) in [4.78, 5) is 8.87. The largest absolute Gasteiger partial charge is 0.433 e. The number of nitrogens with zero attached hydrogens (tertiary/aromatic N) is 3. The van der Waals surface area contributed by atoms with E-state index in [0.717, 1.165) is 45.2 Å². The molecule has 168 valence electrons. The fraction of sp³-hybridized carbons (Fsp3) is 0.667. The monoisotopic (exact) mass is 425 g/mol. The standard InChI is InChI=1S/C21H33F2N5O2/c1-15(28-10-11-29-14-16(28)2)12-25-21(24-3)26-17-8-9-27(13-17)18-6-4-5-7-19(18)30-20(22)23/h4-7,15-17,20H,8-14H2,1-3H3,(H2,24,25,26). The Balaban J connectivity index is 1.50. The summed E-state index contributed by atoms with van der Waals surface area (Å²) in [6.45, 7) is 6.29. The first kappa shape index (κ1) is 22.6. The van der Waals surface area contributed by atoms with E-state index in [1.807, 2.05) is 12.1 Å². The van der Waals surface area contributed by atoms with Crippen LogP contribution in [0.1, 0.15) is 20.3 Å². The van der Waals surface area contributed by atoms with Gasteiger partial charge in [-0.25, -0.2) is 0 Å². The average molecular weight is 426 g/mol. The zero-order chi connectivity index (χ0) is 21.5. The van der Waals surface area contributed by atoms with Crippen molar-refractivity contribution in [2.45, 2.75) is 45.0 Å². The Morgan fingerprint density at radius 3 is 2.87 bits per heavy atom. The van der Waals surface area contributed by atoms with Gasteiger partial charge in [-0.05, 0) is 32.4 Å². The van der Waals surface area contributed by atoms with Crippen LogP contribution in [0, 0.1) is 0 Å². The van der Waals surface area contributed by atoms with Crippen molar-refractivity contribution in [1.82, 2.24) is 15.5 Å². The molecule has 2 aliphatic heterocycles. The number of anilines is 1. The number of benzene rings is 1. The van der Waals surface area contributed by atoms with Crippen molar-refractivity contribution in [3.8, 4) is 5.75 Å². The number of rotatable bonds is 7. The predicted molar refractivity (Wildman–Crippen MR) is 115 cm³/mol. The maximum Gasteiger partial charge on any atom is 0.387 e. The Labute approximate surface area is 177 Å². The van der Waals surface area contributed by atoms with Crippen LogP contribution in [0.25, 0.3) is 0 Å². The number of aliphatic imine (C=N–C) groups is 1. The van der Waals surface area contributed by atoms with Crippen LogP contribution in [-0.4, -0.2) is 82.0 Å². The molecule has 2 aliphatic rings. The van der Waals surface area contributed by atoms with Gasteiger partial charge in [-0.2, -0.15) is 8.78 Å². The lowest BCUT2D eigenvalue weighted by Gasteiger charge is -2.38. The molecule has 3 unspecified atom stereocenters. The summed E-state index contributed by atoms with van der Waals surface area (Å²) in [5.41, 5.74) is 0.694. The van der Waals surface area contributed by atoms with Gasteiger partial charge >= 0.3 is 6.61 Å². The molecular weight excluding hydrogens is 392 g/mol. The van der Waals surface area contributed by atoms with E-state index in [1.165, 1.54) is 0 Å². The van der Waals surface area contributed by atoms with Gasteiger partial charge < -0.3 is 25.0 Å². The van der Waals surface area contributed by atoms with Crippen LogP contribution in [0.15, 0.2) is 29.3 Å².